The normalized spacial score (nSPS) is 18.1. The van der Waals surface area contributed by atoms with Gasteiger partial charge in [0, 0.05) is 56.5 Å². The molecule has 0 saturated heterocycles. The molecule has 8 aromatic rings. The first kappa shape index (κ1) is 59.2. The summed E-state index contributed by atoms with van der Waals surface area (Å²) in [6.45, 7) is 55.4. The van der Waals surface area contributed by atoms with Crippen LogP contribution < -0.4 is 31.1 Å². The van der Waals surface area contributed by atoms with E-state index in [4.69, 9.17) is 0 Å². The van der Waals surface area contributed by atoms with Crippen molar-refractivity contribution in [2.45, 2.75) is 227 Å². The van der Waals surface area contributed by atoms with Crippen LogP contribution in [0.4, 0.5) is 51.2 Å². The van der Waals surface area contributed by atoms with E-state index in [1.807, 2.05) is 0 Å². The highest BCUT2D eigenvalue weighted by Crippen LogP contribution is 2.59. The molecule has 3 aliphatic carbocycles. The highest BCUT2D eigenvalue weighted by atomic mass is 15.2. The van der Waals surface area contributed by atoms with Gasteiger partial charge >= 0.3 is 0 Å². The van der Waals surface area contributed by atoms with Gasteiger partial charge in [-0.2, -0.15) is 0 Å². The van der Waals surface area contributed by atoms with Crippen LogP contribution in [0.3, 0.4) is 0 Å². The van der Waals surface area contributed by atoms with Crippen LogP contribution in [0.2, 0.25) is 0 Å². The van der Waals surface area contributed by atoms with Gasteiger partial charge in [0.05, 0.1) is 5.69 Å². The molecule has 0 atom stereocenters. The predicted molar refractivity (Wildman–Crippen MR) is 378 cm³/mol. The Kier molecular flexibility index (Phi) is 12.9. The second kappa shape index (κ2) is 18.9. The fourth-order valence-electron chi connectivity index (χ4n) is 16.6. The summed E-state index contributed by atoms with van der Waals surface area (Å²) in [6, 6.07) is 56.9. The van der Waals surface area contributed by atoms with Crippen molar-refractivity contribution in [2.75, 3.05) is 14.7 Å². The van der Waals surface area contributed by atoms with E-state index in [1.165, 1.54) is 129 Å². The number of fused-ring (bicyclic) bond motifs is 9. The van der Waals surface area contributed by atoms with Gasteiger partial charge in [0.15, 0.2) is 0 Å². The van der Waals surface area contributed by atoms with Crippen LogP contribution in [0.5, 0.6) is 0 Å². The standard InChI is InChI=1S/C83H98BN3/c1-50-41-61-63(80(16,17)40-39-79(61,14)15)47-68(50)87-70-48-64-62(81(18,19)49-82(64,20)21)46-66(70)84-65-38-36-57(85(55-32-27-51(28-33-55)75(2,3)4)56-34-29-52(30-35-56)76(5,6)7)45-69(65)86(71-43-54(78(11,12)13)44-72(87)74(71)84)67-26-24-25-59-73(67)58-37-31-53(77(8,9)10)42-60(58)83(59,22)23/h24-38,41-48H,39-40,49H2,1-23H3. The molecule has 13 rings (SSSR count). The van der Waals surface area contributed by atoms with E-state index in [-0.39, 0.29) is 55.4 Å². The third-order valence-electron chi connectivity index (χ3n) is 21.8. The number of rotatable bonds is 5. The molecule has 0 fully saturated rings. The van der Waals surface area contributed by atoms with Crippen LogP contribution in [-0.4, -0.2) is 6.71 Å². The average Bonchev–Trinajstić information content (AvgIpc) is 1.57. The van der Waals surface area contributed by atoms with Crippen molar-refractivity contribution in [1.29, 1.82) is 0 Å². The molecule has 2 aliphatic heterocycles. The van der Waals surface area contributed by atoms with E-state index in [1.54, 1.807) is 0 Å². The Bertz CT molecular complexity index is 4090. The summed E-state index contributed by atoms with van der Waals surface area (Å²) in [5.41, 5.74) is 33.0. The second-order valence-electron chi connectivity index (χ2n) is 34.6. The molecular weight excluding hydrogens is 1050 g/mol. The zero-order valence-electron chi connectivity index (χ0n) is 57.3. The van der Waals surface area contributed by atoms with Crippen LogP contribution in [0.25, 0.3) is 11.1 Å². The lowest BCUT2D eigenvalue weighted by molar-refractivity contribution is 0.332. The molecule has 0 unspecified atom stereocenters. The number of aryl methyl sites for hydroxylation is 1. The van der Waals surface area contributed by atoms with Crippen molar-refractivity contribution in [3.8, 4) is 11.1 Å². The molecule has 0 aromatic heterocycles. The fourth-order valence-corrected chi connectivity index (χ4v) is 16.6. The maximum absolute atomic E-state index is 2.78. The van der Waals surface area contributed by atoms with Gasteiger partial charge in [0.25, 0.3) is 6.71 Å². The van der Waals surface area contributed by atoms with E-state index < -0.39 is 0 Å². The van der Waals surface area contributed by atoms with Gasteiger partial charge in [-0.3, -0.25) is 0 Å². The molecule has 87 heavy (non-hydrogen) atoms. The lowest BCUT2D eigenvalue weighted by atomic mass is 9.33. The van der Waals surface area contributed by atoms with Crippen LogP contribution in [0.1, 0.15) is 233 Å². The SMILES string of the molecule is Cc1cc2c(cc1N1c3cc4c(cc3B3c5ccc(N(c6ccc(C(C)(C)C)cc6)c6ccc(C(C)(C)C)cc6)cc5N(c5cccc6c5-c5ccc(C(C)(C)C)cc5C6(C)C)c5cc(C(C)(C)C)cc1c53)C(C)(C)CC4(C)C)C(C)(C)CCC2(C)C. The molecule has 2 heterocycles. The van der Waals surface area contributed by atoms with E-state index >= 15 is 0 Å². The Balaban J connectivity index is 1.17. The summed E-state index contributed by atoms with van der Waals surface area (Å²) < 4.78 is 0. The molecule has 0 saturated carbocycles. The Hall–Kier alpha value is -6.78. The maximum Gasteiger partial charge on any atom is 0.252 e. The molecule has 0 radical (unpaired) electrons. The van der Waals surface area contributed by atoms with Gasteiger partial charge in [0.2, 0.25) is 0 Å². The van der Waals surface area contributed by atoms with Gasteiger partial charge < -0.3 is 14.7 Å². The van der Waals surface area contributed by atoms with Crippen molar-refractivity contribution in [2.24, 2.45) is 0 Å². The quantitative estimate of drug-likeness (QED) is 0.159. The Morgan fingerprint density at radius 2 is 0.828 bits per heavy atom. The third kappa shape index (κ3) is 9.23. The largest absolute Gasteiger partial charge is 0.311 e. The number of hydrogen-bond donors (Lipinski definition) is 0. The maximum atomic E-state index is 2.78. The smallest absolute Gasteiger partial charge is 0.252 e. The van der Waals surface area contributed by atoms with Crippen LogP contribution in [-0.2, 0) is 48.7 Å². The number of anilines is 9. The lowest BCUT2D eigenvalue weighted by Crippen LogP contribution is -2.61. The number of benzene rings is 8. The van der Waals surface area contributed by atoms with E-state index in [2.05, 4.69) is 313 Å². The topological polar surface area (TPSA) is 9.72 Å². The summed E-state index contributed by atoms with van der Waals surface area (Å²) in [5.74, 6) is 0. The summed E-state index contributed by atoms with van der Waals surface area (Å²) >= 11 is 0. The van der Waals surface area contributed by atoms with Crippen LogP contribution >= 0.6 is 0 Å². The molecule has 0 N–H and O–H groups in total. The van der Waals surface area contributed by atoms with Gasteiger partial charge in [-0.15, -0.1) is 0 Å². The first-order valence-electron chi connectivity index (χ1n) is 32.9. The minimum Gasteiger partial charge on any atom is -0.311 e. The lowest BCUT2D eigenvalue weighted by Gasteiger charge is -2.47. The van der Waals surface area contributed by atoms with Crippen molar-refractivity contribution in [3.05, 3.63) is 201 Å². The van der Waals surface area contributed by atoms with E-state index in [0.29, 0.717) is 0 Å². The van der Waals surface area contributed by atoms with Gasteiger partial charge in [-0.05, 0) is 219 Å². The highest BCUT2D eigenvalue weighted by Gasteiger charge is 2.50. The first-order valence-corrected chi connectivity index (χ1v) is 32.9. The molecule has 0 bridgehead atoms. The van der Waals surface area contributed by atoms with Crippen molar-refractivity contribution in [3.63, 3.8) is 0 Å². The summed E-state index contributed by atoms with van der Waals surface area (Å²) in [5, 5.41) is 0. The van der Waals surface area contributed by atoms with Crippen LogP contribution in [0, 0.1) is 6.92 Å². The van der Waals surface area contributed by atoms with Crippen molar-refractivity contribution < 1.29 is 0 Å². The monoisotopic (exact) mass is 1150 g/mol. The zero-order chi connectivity index (χ0) is 62.6. The second-order valence-corrected chi connectivity index (χ2v) is 34.6. The Morgan fingerprint density at radius 1 is 0.368 bits per heavy atom. The number of nitrogens with zero attached hydrogens (tertiary/aromatic N) is 3. The molecule has 5 aliphatic rings. The minimum atomic E-state index is -0.226. The minimum absolute atomic E-state index is 0.00363. The molecule has 0 spiro atoms. The predicted octanol–water partition coefficient (Wildman–Crippen LogP) is 21.4. The summed E-state index contributed by atoms with van der Waals surface area (Å²) in [6.07, 6.45) is 3.44. The van der Waals surface area contributed by atoms with Crippen LogP contribution in [0.15, 0.2) is 140 Å². The van der Waals surface area contributed by atoms with Crippen molar-refractivity contribution in [1.82, 2.24) is 0 Å². The molecule has 8 aromatic carbocycles. The molecule has 0 amide bonds. The van der Waals surface area contributed by atoms with E-state index in [9.17, 15) is 0 Å². The molecule has 3 nitrogen and oxygen atoms in total. The summed E-state index contributed by atoms with van der Waals surface area (Å²) in [4.78, 5) is 8.05. The molecular formula is C83H98BN3. The Labute approximate surface area is 525 Å². The van der Waals surface area contributed by atoms with Gasteiger partial charge in [-0.25, -0.2) is 0 Å². The number of hydrogen-bond acceptors (Lipinski definition) is 3. The average molecular weight is 1150 g/mol. The van der Waals surface area contributed by atoms with Gasteiger partial charge in [-0.1, -0.05) is 225 Å². The van der Waals surface area contributed by atoms with E-state index in [0.717, 1.165) is 29.9 Å². The Morgan fingerprint density at radius 3 is 1.37 bits per heavy atom. The third-order valence-corrected chi connectivity index (χ3v) is 21.8. The zero-order valence-corrected chi connectivity index (χ0v) is 57.3. The molecule has 4 heteroatoms. The molecule has 448 valence electrons. The van der Waals surface area contributed by atoms with Crippen molar-refractivity contribution >= 4 is 74.3 Å². The summed E-state index contributed by atoms with van der Waals surface area (Å²) in [7, 11) is 0. The first-order chi connectivity index (χ1) is 40.3. The highest BCUT2D eigenvalue weighted by molar-refractivity contribution is 7.00. The fraction of sp³-hybridized carbons (Fsp3) is 0.422. The van der Waals surface area contributed by atoms with Gasteiger partial charge in [0.1, 0.15) is 0 Å².